The van der Waals surface area contributed by atoms with E-state index in [0.717, 1.165) is 19.3 Å². The number of rotatable bonds is 13. The summed E-state index contributed by atoms with van der Waals surface area (Å²) >= 11 is 1.57. The number of nitrogens with one attached hydrogen (secondary N) is 1. The molecule has 2 bridgehead atoms. The molecule has 8 atom stereocenters. The minimum Gasteiger partial charge on any atom is -0.378 e. The molecule has 9 heteroatoms. The Bertz CT molecular complexity index is 731. The molecule has 0 radical (unpaired) electrons. The van der Waals surface area contributed by atoms with Crippen LogP contribution in [-0.2, 0) is 19.1 Å². The summed E-state index contributed by atoms with van der Waals surface area (Å²) in [6, 6.07) is 0. The summed E-state index contributed by atoms with van der Waals surface area (Å²) in [6.07, 6.45) is 11.2. The molecule has 1 saturated carbocycles. The molecule has 4 aliphatic rings. The molecular weight excluding hydrogens is 444 g/mol. The topological polar surface area (TPSA) is 108 Å². The molecule has 8 unspecified atom stereocenters. The van der Waals surface area contributed by atoms with Crippen LogP contribution < -0.4 is 5.32 Å². The van der Waals surface area contributed by atoms with Crippen LogP contribution in [0.4, 0.5) is 0 Å². The van der Waals surface area contributed by atoms with E-state index in [9.17, 15) is 19.8 Å². The highest BCUT2D eigenvalue weighted by atomic mass is 32.2. The number of nitrogens with zero attached hydrogens (tertiary/aromatic N) is 1. The van der Waals surface area contributed by atoms with Crippen molar-refractivity contribution in [2.24, 2.45) is 35.5 Å². The van der Waals surface area contributed by atoms with Crippen molar-refractivity contribution in [1.82, 2.24) is 10.2 Å². The largest absolute Gasteiger partial charge is 0.378 e. The average molecular weight is 481 g/mol. The standard InChI is InChI=1S/C24H36N2O6S/c1-33-14-19(27)25-8-9-31-10-11-32-24(30)16-4-2-15(3-5-16)13-26-22(28)20-17-6-7-18(12-17)21(20)23(26)29/h2,4,6-7,15-21,24-25,27,30H,3,5,8-14H2,1H3. The van der Waals surface area contributed by atoms with Crippen LogP contribution in [0.3, 0.4) is 0 Å². The van der Waals surface area contributed by atoms with E-state index in [4.69, 9.17) is 9.47 Å². The fourth-order valence-electron chi connectivity index (χ4n) is 5.64. The molecule has 4 rings (SSSR count). The van der Waals surface area contributed by atoms with Gasteiger partial charge >= 0.3 is 0 Å². The highest BCUT2D eigenvalue weighted by Crippen LogP contribution is 2.52. The monoisotopic (exact) mass is 480 g/mol. The molecule has 184 valence electrons. The first-order chi connectivity index (χ1) is 16.0. The Kier molecular flexibility index (Phi) is 8.64. The summed E-state index contributed by atoms with van der Waals surface area (Å²) in [5.74, 6) is 0.887. The van der Waals surface area contributed by atoms with E-state index in [-0.39, 0.29) is 53.9 Å². The average Bonchev–Trinajstić information content (AvgIpc) is 3.49. The Morgan fingerprint density at radius 3 is 2.42 bits per heavy atom. The maximum Gasteiger partial charge on any atom is 0.233 e. The summed E-state index contributed by atoms with van der Waals surface area (Å²) in [4.78, 5) is 27.2. The lowest BCUT2D eigenvalue weighted by Crippen LogP contribution is -2.37. The van der Waals surface area contributed by atoms with Gasteiger partial charge in [0, 0.05) is 24.8 Å². The van der Waals surface area contributed by atoms with Gasteiger partial charge in [0.25, 0.3) is 0 Å². The number of thioether (sulfide) groups is 1. The normalized spacial score (nSPS) is 34.3. The molecule has 8 nitrogen and oxygen atoms in total. The van der Waals surface area contributed by atoms with Crippen LogP contribution in [0.5, 0.6) is 0 Å². The van der Waals surface area contributed by atoms with Crippen molar-refractivity contribution in [3.8, 4) is 0 Å². The van der Waals surface area contributed by atoms with E-state index < -0.39 is 12.5 Å². The van der Waals surface area contributed by atoms with Crippen LogP contribution >= 0.6 is 11.8 Å². The van der Waals surface area contributed by atoms with Gasteiger partial charge in [-0.05, 0) is 43.3 Å². The third kappa shape index (κ3) is 5.71. The second-order valence-electron chi connectivity index (χ2n) is 9.47. The molecule has 0 aromatic rings. The van der Waals surface area contributed by atoms with Crippen LogP contribution in [0.15, 0.2) is 24.3 Å². The Morgan fingerprint density at radius 1 is 1.06 bits per heavy atom. The van der Waals surface area contributed by atoms with Crippen LogP contribution in [0.1, 0.15) is 19.3 Å². The molecule has 3 N–H and O–H groups in total. The van der Waals surface area contributed by atoms with Crippen LogP contribution in [0.2, 0.25) is 0 Å². The van der Waals surface area contributed by atoms with Crippen molar-refractivity contribution in [1.29, 1.82) is 0 Å². The molecule has 0 aromatic carbocycles. The maximum absolute atomic E-state index is 12.9. The molecule has 1 aliphatic heterocycles. The van der Waals surface area contributed by atoms with Crippen molar-refractivity contribution in [2.75, 3.05) is 44.9 Å². The number of imide groups is 1. The number of carbonyl (C=O) groups is 2. The van der Waals surface area contributed by atoms with Gasteiger partial charge in [-0.1, -0.05) is 24.3 Å². The second kappa shape index (κ2) is 11.5. The fraction of sp³-hybridized carbons (Fsp3) is 0.750. The lowest BCUT2D eigenvalue weighted by atomic mass is 9.85. The molecule has 2 fully saturated rings. The Hall–Kier alpha value is -1.23. The number of amides is 2. The van der Waals surface area contributed by atoms with Gasteiger partial charge in [-0.25, -0.2) is 0 Å². The quantitative estimate of drug-likeness (QED) is 0.155. The molecular formula is C24H36N2O6S. The summed E-state index contributed by atoms with van der Waals surface area (Å²) in [5, 5.41) is 22.8. The molecule has 0 spiro atoms. The summed E-state index contributed by atoms with van der Waals surface area (Å²) in [7, 11) is 0. The molecule has 33 heavy (non-hydrogen) atoms. The van der Waals surface area contributed by atoms with Gasteiger partial charge in [0.1, 0.15) is 6.23 Å². The number of carbonyl (C=O) groups excluding carboxylic acids is 2. The molecule has 1 saturated heterocycles. The van der Waals surface area contributed by atoms with Gasteiger partial charge in [0.05, 0.1) is 31.7 Å². The second-order valence-corrected chi connectivity index (χ2v) is 10.4. The summed E-state index contributed by atoms with van der Waals surface area (Å²) in [6.45, 7) is 2.12. The number of fused-ring (bicyclic) bond motifs is 5. The van der Waals surface area contributed by atoms with Crippen molar-refractivity contribution in [3.63, 3.8) is 0 Å². The Balaban J connectivity index is 1.12. The number of hydrogen-bond acceptors (Lipinski definition) is 8. The van der Waals surface area contributed by atoms with E-state index in [1.54, 1.807) is 11.8 Å². The van der Waals surface area contributed by atoms with Gasteiger partial charge < -0.3 is 19.7 Å². The smallest absolute Gasteiger partial charge is 0.233 e. The summed E-state index contributed by atoms with van der Waals surface area (Å²) in [5.41, 5.74) is 0. The third-order valence-corrected chi connectivity index (χ3v) is 7.96. The Morgan fingerprint density at radius 2 is 1.79 bits per heavy atom. The van der Waals surface area contributed by atoms with Crippen LogP contribution in [0, 0.1) is 35.5 Å². The highest BCUT2D eigenvalue weighted by molar-refractivity contribution is 7.98. The Labute approximate surface area is 199 Å². The number of aliphatic hydroxyl groups is 2. The van der Waals surface area contributed by atoms with Gasteiger partial charge in [-0.2, -0.15) is 11.8 Å². The first kappa shape index (κ1) is 24.9. The van der Waals surface area contributed by atoms with Crippen LogP contribution in [0.25, 0.3) is 0 Å². The zero-order valence-corrected chi connectivity index (χ0v) is 20.0. The van der Waals surface area contributed by atoms with Crippen molar-refractivity contribution in [2.45, 2.75) is 31.8 Å². The zero-order valence-electron chi connectivity index (χ0n) is 19.2. The molecule has 2 amide bonds. The number of aliphatic hydroxyl groups excluding tert-OH is 2. The van der Waals surface area contributed by atoms with E-state index in [2.05, 4.69) is 17.5 Å². The van der Waals surface area contributed by atoms with E-state index in [1.165, 1.54) is 4.90 Å². The van der Waals surface area contributed by atoms with Gasteiger partial charge in [0.15, 0.2) is 6.29 Å². The fourth-order valence-corrected chi connectivity index (χ4v) is 6.07. The SMILES string of the molecule is CSCC(O)NCCOCCOC(O)C1C=CC(CN2C(=O)C3C4C=CC(C4)C3C2=O)CC1. The highest BCUT2D eigenvalue weighted by Gasteiger charge is 2.59. The number of likely N-dealkylation sites (tertiary alicyclic amines) is 1. The maximum atomic E-state index is 12.9. The first-order valence-corrected chi connectivity index (χ1v) is 13.4. The van der Waals surface area contributed by atoms with Gasteiger partial charge in [-0.15, -0.1) is 0 Å². The van der Waals surface area contributed by atoms with Crippen molar-refractivity contribution < 1.29 is 29.3 Å². The van der Waals surface area contributed by atoms with Crippen LogP contribution in [-0.4, -0.2) is 84.4 Å². The predicted molar refractivity (Wildman–Crippen MR) is 125 cm³/mol. The predicted octanol–water partition coefficient (Wildman–Crippen LogP) is 0.999. The molecule has 3 aliphatic carbocycles. The van der Waals surface area contributed by atoms with Gasteiger partial charge in [0.2, 0.25) is 11.8 Å². The number of ether oxygens (including phenoxy) is 2. The van der Waals surface area contributed by atoms with Gasteiger partial charge in [-0.3, -0.25) is 19.8 Å². The van der Waals surface area contributed by atoms with E-state index in [0.29, 0.717) is 32.1 Å². The van der Waals surface area contributed by atoms with Crippen molar-refractivity contribution in [3.05, 3.63) is 24.3 Å². The zero-order chi connectivity index (χ0) is 23.4. The lowest BCUT2D eigenvalue weighted by molar-refractivity contribution is -0.142. The first-order valence-electron chi connectivity index (χ1n) is 12.0. The number of hydrogen-bond donors (Lipinski definition) is 3. The van der Waals surface area contributed by atoms with Crippen molar-refractivity contribution >= 4 is 23.6 Å². The van der Waals surface area contributed by atoms with E-state index in [1.807, 2.05) is 18.4 Å². The molecule has 1 heterocycles. The van der Waals surface area contributed by atoms with E-state index >= 15 is 0 Å². The molecule has 0 aromatic heterocycles. The third-order valence-electron chi connectivity index (χ3n) is 7.31. The number of allylic oxidation sites excluding steroid dienone is 2. The lowest BCUT2D eigenvalue weighted by Gasteiger charge is -2.28. The minimum atomic E-state index is -0.900. The summed E-state index contributed by atoms with van der Waals surface area (Å²) < 4.78 is 11.0. The minimum absolute atomic E-state index is 0.00898.